The molecule has 0 bridgehead atoms. The summed E-state index contributed by atoms with van der Waals surface area (Å²) in [5.41, 5.74) is 0. The van der Waals surface area contributed by atoms with Crippen molar-refractivity contribution >= 4 is 28.9 Å². The maximum atomic E-state index is 11.7. The molecule has 0 amide bonds. The molecule has 17 heavy (non-hydrogen) atoms. The van der Waals surface area contributed by atoms with Crippen molar-refractivity contribution in [3.05, 3.63) is 34.8 Å². The standard InChI is InChI=1S/C12H14N2OS2/c1-14-7-6-13-12(14)17-9-2-4-10(15)11-5-3-8-16-11/h3,5-8H,2,4,9H2,1H3. The van der Waals surface area contributed by atoms with E-state index in [4.69, 9.17) is 0 Å². The number of ketones is 1. The lowest BCUT2D eigenvalue weighted by Crippen LogP contribution is -1.97. The number of aryl methyl sites for hydroxylation is 1. The van der Waals surface area contributed by atoms with Crippen LogP contribution in [0.5, 0.6) is 0 Å². The quantitative estimate of drug-likeness (QED) is 0.457. The van der Waals surface area contributed by atoms with Gasteiger partial charge in [0.15, 0.2) is 10.9 Å². The van der Waals surface area contributed by atoms with Crippen molar-refractivity contribution in [2.24, 2.45) is 7.05 Å². The summed E-state index contributed by atoms with van der Waals surface area (Å²) in [6, 6.07) is 3.80. The number of nitrogens with zero attached hydrogens (tertiary/aromatic N) is 2. The first-order valence-electron chi connectivity index (χ1n) is 5.44. The van der Waals surface area contributed by atoms with E-state index in [1.165, 1.54) is 11.3 Å². The normalized spacial score (nSPS) is 10.6. The third kappa shape index (κ3) is 3.44. The number of thiophene rings is 1. The van der Waals surface area contributed by atoms with Crippen LogP contribution in [-0.4, -0.2) is 21.1 Å². The van der Waals surface area contributed by atoms with E-state index in [2.05, 4.69) is 4.98 Å². The summed E-state index contributed by atoms with van der Waals surface area (Å²) in [5, 5.41) is 2.95. The van der Waals surface area contributed by atoms with Crippen molar-refractivity contribution in [2.45, 2.75) is 18.0 Å². The number of hydrogen-bond donors (Lipinski definition) is 0. The molecule has 2 aromatic heterocycles. The van der Waals surface area contributed by atoms with Crippen LogP contribution in [0.4, 0.5) is 0 Å². The second-order valence-corrected chi connectivity index (χ2v) is 5.68. The molecule has 0 spiro atoms. The maximum absolute atomic E-state index is 11.7. The highest BCUT2D eigenvalue weighted by Gasteiger charge is 2.06. The van der Waals surface area contributed by atoms with Crippen molar-refractivity contribution in [2.75, 3.05) is 5.75 Å². The summed E-state index contributed by atoms with van der Waals surface area (Å²) in [5.74, 6) is 1.18. The highest BCUT2D eigenvalue weighted by molar-refractivity contribution is 7.99. The van der Waals surface area contributed by atoms with Gasteiger partial charge in [-0.1, -0.05) is 17.8 Å². The first kappa shape index (κ1) is 12.4. The zero-order valence-corrected chi connectivity index (χ0v) is 11.3. The SMILES string of the molecule is Cn1ccnc1SCCCC(=O)c1cccs1. The Morgan fingerprint density at radius 3 is 3.12 bits per heavy atom. The van der Waals surface area contributed by atoms with Crippen molar-refractivity contribution in [1.29, 1.82) is 0 Å². The van der Waals surface area contributed by atoms with Crippen LogP contribution < -0.4 is 0 Å². The largest absolute Gasteiger partial charge is 0.329 e. The van der Waals surface area contributed by atoms with E-state index >= 15 is 0 Å². The van der Waals surface area contributed by atoms with Crippen molar-refractivity contribution in [3.8, 4) is 0 Å². The van der Waals surface area contributed by atoms with Crippen LogP contribution in [0.2, 0.25) is 0 Å². The number of carbonyl (C=O) groups is 1. The Hall–Kier alpha value is -1.07. The fourth-order valence-corrected chi connectivity index (χ4v) is 3.01. The molecule has 0 aliphatic rings. The van der Waals surface area contributed by atoms with Gasteiger partial charge in [0.2, 0.25) is 0 Å². The van der Waals surface area contributed by atoms with Gasteiger partial charge < -0.3 is 4.57 Å². The predicted molar refractivity (Wildman–Crippen MR) is 71.8 cm³/mol. The number of thioether (sulfide) groups is 1. The van der Waals surface area contributed by atoms with E-state index in [0.717, 1.165) is 22.2 Å². The van der Waals surface area contributed by atoms with Gasteiger partial charge in [0, 0.05) is 31.6 Å². The smallest absolute Gasteiger partial charge is 0.172 e. The molecule has 0 atom stereocenters. The van der Waals surface area contributed by atoms with Crippen LogP contribution in [0.25, 0.3) is 0 Å². The van der Waals surface area contributed by atoms with Crippen LogP contribution >= 0.6 is 23.1 Å². The number of imidazole rings is 1. The lowest BCUT2D eigenvalue weighted by molar-refractivity contribution is 0.0986. The van der Waals surface area contributed by atoms with Gasteiger partial charge >= 0.3 is 0 Å². The van der Waals surface area contributed by atoms with Gasteiger partial charge in [-0.25, -0.2) is 4.98 Å². The summed E-state index contributed by atoms with van der Waals surface area (Å²) >= 11 is 3.21. The van der Waals surface area contributed by atoms with E-state index < -0.39 is 0 Å². The highest BCUT2D eigenvalue weighted by atomic mass is 32.2. The zero-order chi connectivity index (χ0) is 12.1. The van der Waals surface area contributed by atoms with Crippen LogP contribution in [-0.2, 0) is 7.05 Å². The Balaban J connectivity index is 1.70. The molecule has 0 aromatic carbocycles. The molecule has 2 heterocycles. The molecule has 0 fully saturated rings. The van der Waals surface area contributed by atoms with E-state index in [9.17, 15) is 4.79 Å². The Bertz CT molecular complexity index is 476. The Morgan fingerprint density at radius 2 is 2.47 bits per heavy atom. The molecule has 2 rings (SSSR count). The summed E-state index contributed by atoms with van der Waals surface area (Å²) in [7, 11) is 1.98. The van der Waals surface area contributed by atoms with Gasteiger partial charge in [-0.3, -0.25) is 4.79 Å². The first-order valence-corrected chi connectivity index (χ1v) is 7.31. The Labute approximate surface area is 109 Å². The molecule has 0 aliphatic carbocycles. The summed E-state index contributed by atoms with van der Waals surface area (Å²) in [6.07, 6.45) is 5.24. The second kappa shape index (κ2) is 6.02. The van der Waals surface area contributed by atoms with Gasteiger partial charge in [0.1, 0.15) is 0 Å². The van der Waals surface area contributed by atoms with Crippen LogP contribution in [0.15, 0.2) is 35.1 Å². The maximum Gasteiger partial charge on any atom is 0.172 e. The molecular weight excluding hydrogens is 252 g/mol. The summed E-state index contributed by atoms with van der Waals surface area (Å²) < 4.78 is 1.99. The molecule has 0 saturated carbocycles. The zero-order valence-electron chi connectivity index (χ0n) is 9.63. The average molecular weight is 266 g/mol. The predicted octanol–water partition coefficient (Wildman–Crippen LogP) is 3.24. The van der Waals surface area contributed by atoms with Crippen LogP contribution in [0.3, 0.4) is 0 Å². The summed E-state index contributed by atoms with van der Waals surface area (Å²) in [6.45, 7) is 0. The fourth-order valence-electron chi connectivity index (χ4n) is 1.45. The van der Waals surface area contributed by atoms with E-state index in [1.54, 1.807) is 18.0 Å². The second-order valence-electron chi connectivity index (χ2n) is 3.67. The van der Waals surface area contributed by atoms with E-state index in [-0.39, 0.29) is 5.78 Å². The number of hydrogen-bond acceptors (Lipinski definition) is 4. The van der Waals surface area contributed by atoms with Gasteiger partial charge in [-0.15, -0.1) is 11.3 Å². The van der Waals surface area contributed by atoms with Gasteiger partial charge in [0.05, 0.1) is 4.88 Å². The molecule has 0 radical (unpaired) electrons. The molecule has 90 valence electrons. The molecule has 0 N–H and O–H groups in total. The van der Waals surface area contributed by atoms with Crippen LogP contribution in [0.1, 0.15) is 22.5 Å². The first-order chi connectivity index (χ1) is 8.27. The van der Waals surface area contributed by atoms with E-state index in [0.29, 0.717) is 6.42 Å². The molecule has 5 heteroatoms. The topological polar surface area (TPSA) is 34.9 Å². The number of carbonyl (C=O) groups excluding carboxylic acids is 1. The molecule has 0 saturated heterocycles. The van der Waals surface area contributed by atoms with Gasteiger partial charge in [-0.05, 0) is 17.9 Å². The molecule has 0 unspecified atom stereocenters. The van der Waals surface area contributed by atoms with Crippen LogP contribution in [0, 0.1) is 0 Å². The van der Waals surface area contributed by atoms with Crippen molar-refractivity contribution < 1.29 is 4.79 Å². The molecule has 3 nitrogen and oxygen atoms in total. The number of rotatable bonds is 6. The monoisotopic (exact) mass is 266 g/mol. The molecule has 0 aliphatic heterocycles. The Kier molecular flexibility index (Phi) is 4.39. The Morgan fingerprint density at radius 1 is 1.59 bits per heavy atom. The average Bonchev–Trinajstić information content (AvgIpc) is 2.96. The minimum Gasteiger partial charge on any atom is -0.329 e. The van der Waals surface area contributed by atoms with Crippen molar-refractivity contribution in [1.82, 2.24) is 9.55 Å². The summed E-state index contributed by atoms with van der Waals surface area (Å²) in [4.78, 5) is 16.8. The minimum atomic E-state index is 0.250. The third-order valence-corrected chi connectivity index (χ3v) is 4.41. The van der Waals surface area contributed by atoms with Gasteiger partial charge in [0.25, 0.3) is 0 Å². The highest BCUT2D eigenvalue weighted by Crippen LogP contribution is 2.18. The van der Waals surface area contributed by atoms with Gasteiger partial charge in [-0.2, -0.15) is 0 Å². The molecule has 2 aromatic rings. The fraction of sp³-hybridized carbons (Fsp3) is 0.333. The lowest BCUT2D eigenvalue weighted by atomic mass is 10.2. The number of aromatic nitrogens is 2. The van der Waals surface area contributed by atoms with Crippen molar-refractivity contribution in [3.63, 3.8) is 0 Å². The van der Waals surface area contributed by atoms with E-state index in [1.807, 2.05) is 35.3 Å². The lowest BCUT2D eigenvalue weighted by Gasteiger charge is -2.00. The number of Topliss-reactive ketones (excluding diaryl/α,β-unsaturated/α-hetero) is 1. The molecular formula is C12H14N2OS2. The third-order valence-electron chi connectivity index (χ3n) is 2.35. The minimum absolute atomic E-state index is 0.250.